The third-order valence-corrected chi connectivity index (χ3v) is 2.89. The second-order valence-electron chi connectivity index (χ2n) is 3.96. The van der Waals surface area contributed by atoms with Crippen LogP contribution < -0.4 is 5.73 Å². The van der Waals surface area contributed by atoms with Crippen LogP contribution in [0.4, 0.5) is 5.95 Å². The molecule has 0 aliphatic heterocycles. The summed E-state index contributed by atoms with van der Waals surface area (Å²) in [6.07, 6.45) is 3.21. The number of aromatic nitrogens is 3. The van der Waals surface area contributed by atoms with Gasteiger partial charge in [-0.1, -0.05) is 16.8 Å². The number of fused-ring (bicyclic) bond motifs is 1. The van der Waals surface area contributed by atoms with Gasteiger partial charge in [0.25, 0.3) is 0 Å². The van der Waals surface area contributed by atoms with Crippen molar-refractivity contribution in [1.82, 2.24) is 15.1 Å². The zero-order valence-corrected chi connectivity index (χ0v) is 10.3. The molecule has 0 unspecified atom stereocenters. The van der Waals surface area contributed by atoms with Gasteiger partial charge in [0.2, 0.25) is 5.95 Å². The van der Waals surface area contributed by atoms with Crippen molar-refractivity contribution in [2.24, 2.45) is 0 Å². The van der Waals surface area contributed by atoms with Gasteiger partial charge in [0.05, 0.1) is 5.39 Å². The zero-order valence-electron chi connectivity index (χ0n) is 9.51. The summed E-state index contributed by atoms with van der Waals surface area (Å²) in [7, 11) is 0. The fraction of sp³-hybridized carbons (Fsp3) is 0.0833. The van der Waals surface area contributed by atoms with Crippen molar-refractivity contribution in [1.29, 1.82) is 0 Å². The number of aryl methyl sites for hydroxylation is 1. The van der Waals surface area contributed by atoms with E-state index in [2.05, 4.69) is 15.1 Å². The summed E-state index contributed by atoms with van der Waals surface area (Å²) >= 11 is 6.04. The molecule has 5 nitrogen and oxygen atoms in total. The van der Waals surface area contributed by atoms with Crippen LogP contribution in [0.15, 0.2) is 29.0 Å². The van der Waals surface area contributed by atoms with Gasteiger partial charge in [0.15, 0.2) is 5.58 Å². The monoisotopic (exact) mass is 260 g/mol. The summed E-state index contributed by atoms with van der Waals surface area (Å²) in [4.78, 5) is 7.88. The first-order chi connectivity index (χ1) is 8.65. The van der Waals surface area contributed by atoms with Gasteiger partial charge in [-0.15, -0.1) is 0 Å². The molecule has 0 spiro atoms. The van der Waals surface area contributed by atoms with Gasteiger partial charge in [-0.05, 0) is 24.6 Å². The Bertz CT molecular complexity index is 721. The Labute approximate surface area is 108 Å². The molecule has 0 saturated carbocycles. The molecule has 0 bridgehead atoms. The smallest absolute Gasteiger partial charge is 0.219 e. The third kappa shape index (κ3) is 1.69. The molecule has 18 heavy (non-hydrogen) atoms. The minimum absolute atomic E-state index is 0.223. The van der Waals surface area contributed by atoms with Crippen LogP contribution >= 0.6 is 11.6 Å². The average Bonchev–Trinajstić information content (AvgIpc) is 2.74. The molecule has 2 aromatic heterocycles. The highest BCUT2D eigenvalue weighted by Crippen LogP contribution is 2.31. The molecule has 3 aromatic rings. The molecule has 2 heterocycles. The molecule has 0 radical (unpaired) electrons. The Morgan fingerprint density at radius 3 is 2.67 bits per heavy atom. The van der Waals surface area contributed by atoms with Crippen molar-refractivity contribution in [2.45, 2.75) is 6.92 Å². The molecule has 0 atom stereocenters. The Hall–Kier alpha value is -2.14. The predicted octanol–water partition coefficient (Wildman–Crippen LogP) is 2.83. The minimum atomic E-state index is 0.223. The summed E-state index contributed by atoms with van der Waals surface area (Å²) in [5.74, 6) is 0.223. The molecule has 2 N–H and O–H groups in total. The van der Waals surface area contributed by atoms with E-state index in [9.17, 15) is 0 Å². The molecular weight excluding hydrogens is 252 g/mol. The minimum Gasteiger partial charge on any atom is -0.368 e. The lowest BCUT2D eigenvalue weighted by Crippen LogP contribution is -1.93. The van der Waals surface area contributed by atoms with Gasteiger partial charge in [-0.25, -0.2) is 9.97 Å². The van der Waals surface area contributed by atoms with Gasteiger partial charge in [0.1, 0.15) is 5.69 Å². The molecule has 1 aromatic carbocycles. The maximum Gasteiger partial charge on any atom is 0.219 e. The van der Waals surface area contributed by atoms with Crippen LogP contribution in [0.2, 0.25) is 5.02 Å². The van der Waals surface area contributed by atoms with Gasteiger partial charge in [-0.2, -0.15) is 0 Å². The molecule has 0 saturated heterocycles. The fourth-order valence-corrected chi connectivity index (χ4v) is 2.11. The standard InChI is InChI=1S/C12H9ClN4O/c1-6-2-8(13)3-9-10(17-18-11(6)9)7-4-15-12(14)16-5-7/h2-5H,1H3,(H2,14,15,16). The van der Waals surface area contributed by atoms with Crippen LogP contribution in [0.3, 0.4) is 0 Å². The van der Waals surface area contributed by atoms with E-state index in [4.69, 9.17) is 21.9 Å². The highest BCUT2D eigenvalue weighted by molar-refractivity contribution is 6.31. The molecule has 0 aliphatic rings. The molecular formula is C12H9ClN4O. The van der Waals surface area contributed by atoms with E-state index < -0.39 is 0 Å². The van der Waals surface area contributed by atoms with Gasteiger partial charge in [0, 0.05) is 23.0 Å². The first kappa shape index (κ1) is 11.0. The second kappa shape index (κ2) is 3.96. The van der Waals surface area contributed by atoms with E-state index in [0.29, 0.717) is 16.3 Å². The molecule has 6 heteroatoms. The fourth-order valence-electron chi connectivity index (χ4n) is 1.84. The molecule has 0 amide bonds. The predicted molar refractivity (Wildman–Crippen MR) is 69.2 cm³/mol. The van der Waals surface area contributed by atoms with E-state index in [-0.39, 0.29) is 5.95 Å². The molecule has 0 aliphatic carbocycles. The topological polar surface area (TPSA) is 77.8 Å². The van der Waals surface area contributed by atoms with Crippen molar-refractivity contribution in [3.63, 3.8) is 0 Å². The molecule has 90 valence electrons. The number of hydrogen-bond donors (Lipinski definition) is 1. The first-order valence-corrected chi connectivity index (χ1v) is 5.66. The van der Waals surface area contributed by atoms with Gasteiger partial charge < -0.3 is 10.3 Å². The summed E-state index contributed by atoms with van der Waals surface area (Å²) in [5, 5.41) is 5.52. The number of hydrogen-bond acceptors (Lipinski definition) is 5. The number of nitrogens with zero attached hydrogens (tertiary/aromatic N) is 3. The van der Waals surface area contributed by atoms with Crippen LogP contribution in [-0.2, 0) is 0 Å². The molecule has 0 fully saturated rings. The highest BCUT2D eigenvalue weighted by atomic mass is 35.5. The maximum absolute atomic E-state index is 6.04. The van der Waals surface area contributed by atoms with Crippen LogP contribution in [0, 0.1) is 6.92 Å². The summed E-state index contributed by atoms with van der Waals surface area (Å²) in [6, 6.07) is 3.64. The number of benzene rings is 1. The number of nitrogen functional groups attached to an aromatic ring is 1. The molecule has 3 rings (SSSR count). The normalized spacial score (nSPS) is 11.0. The summed E-state index contributed by atoms with van der Waals surface area (Å²) < 4.78 is 5.32. The number of anilines is 1. The van der Waals surface area contributed by atoms with Crippen LogP contribution in [0.25, 0.3) is 22.2 Å². The Morgan fingerprint density at radius 1 is 1.22 bits per heavy atom. The summed E-state index contributed by atoms with van der Waals surface area (Å²) in [6.45, 7) is 1.92. The van der Waals surface area contributed by atoms with Crippen LogP contribution in [-0.4, -0.2) is 15.1 Å². The third-order valence-electron chi connectivity index (χ3n) is 2.67. The summed E-state index contributed by atoms with van der Waals surface area (Å²) in [5.41, 5.74) is 8.51. The Kier molecular flexibility index (Phi) is 2.41. The lowest BCUT2D eigenvalue weighted by Gasteiger charge is -1.98. The van der Waals surface area contributed by atoms with Gasteiger partial charge in [-0.3, -0.25) is 0 Å². The SMILES string of the molecule is Cc1cc(Cl)cc2c(-c3cnc(N)nc3)noc12. The quantitative estimate of drug-likeness (QED) is 0.728. The lowest BCUT2D eigenvalue weighted by molar-refractivity contribution is 0.458. The van der Waals surface area contributed by atoms with E-state index >= 15 is 0 Å². The van der Waals surface area contributed by atoms with E-state index in [1.54, 1.807) is 12.4 Å². The zero-order chi connectivity index (χ0) is 12.7. The van der Waals surface area contributed by atoms with Crippen molar-refractivity contribution in [2.75, 3.05) is 5.73 Å². The van der Waals surface area contributed by atoms with Crippen molar-refractivity contribution in [3.05, 3.63) is 35.1 Å². The van der Waals surface area contributed by atoms with E-state index in [1.165, 1.54) is 0 Å². The lowest BCUT2D eigenvalue weighted by atomic mass is 10.1. The average molecular weight is 261 g/mol. The number of halogens is 1. The van der Waals surface area contributed by atoms with Crippen molar-refractivity contribution < 1.29 is 4.52 Å². The largest absolute Gasteiger partial charge is 0.368 e. The highest BCUT2D eigenvalue weighted by Gasteiger charge is 2.13. The first-order valence-electron chi connectivity index (χ1n) is 5.28. The number of nitrogens with two attached hydrogens (primary N) is 1. The van der Waals surface area contributed by atoms with E-state index in [0.717, 1.165) is 16.5 Å². The Balaban J connectivity index is 2.27. The van der Waals surface area contributed by atoms with Crippen LogP contribution in [0.5, 0.6) is 0 Å². The van der Waals surface area contributed by atoms with Crippen LogP contribution in [0.1, 0.15) is 5.56 Å². The van der Waals surface area contributed by atoms with Crippen molar-refractivity contribution in [3.8, 4) is 11.3 Å². The second-order valence-corrected chi connectivity index (χ2v) is 4.40. The van der Waals surface area contributed by atoms with E-state index in [1.807, 2.05) is 19.1 Å². The number of rotatable bonds is 1. The maximum atomic E-state index is 6.04. The Morgan fingerprint density at radius 2 is 1.94 bits per heavy atom. The van der Waals surface area contributed by atoms with Gasteiger partial charge >= 0.3 is 0 Å². The van der Waals surface area contributed by atoms with Crippen molar-refractivity contribution >= 4 is 28.5 Å².